The summed E-state index contributed by atoms with van der Waals surface area (Å²) in [7, 11) is 0. The van der Waals surface area contributed by atoms with Crippen LogP contribution in [-0.2, 0) is 0 Å². The van der Waals surface area contributed by atoms with Crippen LogP contribution in [0.15, 0.2) is 0 Å². The molecule has 0 N–H and O–H groups in total. The van der Waals surface area contributed by atoms with Crippen LogP contribution in [0.4, 0.5) is 0 Å². The van der Waals surface area contributed by atoms with E-state index in [1.165, 1.54) is 12.3 Å². The van der Waals surface area contributed by atoms with Gasteiger partial charge in [-0.25, -0.2) is 0 Å². The van der Waals surface area contributed by atoms with E-state index >= 15 is 0 Å². The van der Waals surface area contributed by atoms with Gasteiger partial charge in [-0.2, -0.15) is 0 Å². The molecule has 8 heavy (non-hydrogen) atoms. The molecule has 0 nitrogen and oxygen atoms in total. The summed E-state index contributed by atoms with van der Waals surface area (Å²) in [6.45, 7) is 2.14. The molecule has 49 valence electrons. The smallest absolute Gasteiger partial charge is 0.0677 e. The van der Waals surface area contributed by atoms with E-state index in [9.17, 15) is 0 Å². The molecule has 0 aromatic rings. The van der Waals surface area contributed by atoms with Crippen molar-refractivity contribution in [2.75, 3.05) is 0 Å². The Morgan fingerprint density at radius 3 is 2.62 bits per heavy atom. The second-order valence-corrected chi connectivity index (χ2v) is 2.60. The molecule has 0 rings (SSSR count). The van der Waals surface area contributed by atoms with Gasteiger partial charge in [-0.05, 0) is 6.42 Å². The maximum atomic E-state index is 5.66. The Balaban J connectivity index is 2.86. The number of hydrogen-bond donors (Lipinski definition) is 0. The third-order valence-electron chi connectivity index (χ3n) is 0.970. The second kappa shape index (κ2) is 5.71. The minimum absolute atomic E-state index is 0.0663. The molecule has 0 saturated heterocycles. The van der Waals surface area contributed by atoms with Gasteiger partial charge in [0.2, 0.25) is 0 Å². The van der Waals surface area contributed by atoms with Crippen LogP contribution in [0.25, 0.3) is 0 Å². The van der Waals surface area contributed by atoms with Gasteiger partial charge >= 0.3 is 0 Å². The molecule has 0 aliphatic rings. The van der Waals surface area contributed by atoms with Crippen LogP contribution in [0.2, 0.25) is 0 Å². The quantitative estimate of drug-likeness (QED) is 0.545. The predicted octanol–water partition coefficient (Wildman–Crippen LogP) is 3.18. The van der Waals surface area contributed by atoms with Crippen LogP contribution in [-0.4, -0.2) is 5.38 Å². The topological polar surface area (TPSA) is 0 Å². The molecular formula is C6H11Cl2. The van der Waals surface area contributed by atoms with E-state index in [1.807, 2.05) is 0 Å². The number of hydrogen-bond acceptors (Lipinski definition) is 0. The van der Waals surface area contributed by atoms with Gasteiger partial charge in [-0.15, -0.1) is 23.2 Å². The third-order valence-corrected chi connectivity index (χ3v) is 1.75. The van der Waals surface area contributed by atoms with Gasteiger partial charge in [0.05, 0.1) is 11.3 Å². The minimum atomic E-state index is 0.0663. The number of rotatable bonds is 4. The van der Waals surface area contributed by atoms with Crippen molar-refractivity contribution in [1.82, 2.24) is 0 Å². The first kappa shape index (κ1) is 8.58. The fraction of sp³-hybridized carbons (Fsp3) is 0.833. The zero-order valence-corrected chi connectivity index (χ0v) is 6.54. The van der Waals surface area contributed by atoms with Crippen LogP contribution >= 0.6 is 23.2 Å². The van der Waals surface area contributed by atoms with Crippen molar-refractivity contribution >= 4 is 23.2 Å². The third kappa shape index (κ3) is 4.73. The largest absolute Gasteiger partial charge is 0.121 e. The summed E-state index contributed by atoms with van der Waals surface area (Å²) >= 11 is 11.0. The average molecular weight is 154 g/mol. The summed E-state index contributed by atoms with van der Waals surface area (Å²) in [6.07, 6.45) is 3.35. The van der Waals surface area contributed by atoms with Crippen LogP contribution in [0.1, 0.15) is 26.2 Å². The second-order valence-electron chi connectivity index (χ2n) is 1.78. The van der Waals surface area contributed by atoms with Crippen molar-refractivity contribution in [3.63, 3.8) is 0 Å². The molecule has 0 aromatic heterocycles. The van der Waals surface area contributed by atoms with Crippen LogP contribution < -0.4 is 0 Å². The summed E-state index contributed by atoms with van der Waals surface area (Å²) < 4.78 is 0. The lowest BCUT2D eigenvalue weighted by atomic mass is 10.2. The van der Waals surface area contributed by atoms with Crippen molar-refractivity contribution in [2.45, 2.75) is 31.6 Å². The highest BCUT2D eigenvalue weighted by atomic mass is 35.5. The lowest BCUT2D eigenvalue weighted by Gasteiger charge is -2.00. The van der Waals surface area contributed by atoms with E-state index in [0.717, 1.165) is 12.8 Å². The lowest BCUT2D eigenvalue weighted by Crippen LogP contribution is -1.93. The van der Waals surface area contributed by atoms with Gasteiger partial charge in [-0.3, -0.25) is 0 Å². The summed E-state index contributed by atoms with van der Waals surface area (Å²) in [5.41, 5.74) is 0. The van der Waals surface area contributed by atoms with Crippen LogP contribution in [0, 0.1) is 5.88 Å². The van der Waals surface area contributed by atoms with Crippen molar-refractivity contribution in [2.24, 2.45) is 0 Å². The zero-order valence-electron chi connectivity index (χ0n) is 5.03. The van der Waals surface area contributed by atoms with Crippen molar-refractivity contribution < 1.29 is 0 Å². The van der Waals surface area contributed by atoms with Gasteiger partial charge in [0.15, 0.2) is 0 Å². The molecule has 0 bridgehead atoms. The Kier molecular flexibility index (Phi) is 6.13. The fourth-order valence-electron chi connectivity index (χ4n) is 0.462. The lowest BCUT2D eigenvalue weighted by molar-refractivity contribution is 0.728. The SMILES string of the molecule is CCCCC(Cl)[CH]Cl. The molecule has 0 spiro atoms. The van der Waals surface area contributed by atoms with Gasteiger partial charge in [-0.1, -0.05) is 19.8 Å². The molecule has 0 saturated carbocycles. The first-order valence-corrected chi connectivity index (χ1v) is 3.76. The maximum absolute atomic E-state index is 5.66. The Morgan fingerprint density at radius 1 is 1.62 bits per heavy atom. The fourth-order valence-corrected chi connectivity index (χ4v) is 0.742. The molecule has 0 heterocycles. The highest BCUT2D eigenvalue weighted by molar-refractivity contribution is 6.31. The summed E-state index contributed by atoms with van der Waals surface area (Å²) in [4.78, 5) is 0. The Labute approximate surface area is 61.2 Å². The molecule has 1 unspecified atom stereocenters. The normalized spacial score (nSPS) is 13.9. The van der Waals surface area contributed by atoms with Crippen molar-refractivity contribution in [3.05, 3.63) is 5.88 Å². The molecule has 0 aliphatic heterocycles. The predicted molar refractivity (Wildman–Crippen MR) is 39.3 cm³/mol. The van der Waals surface area contributed by atoms with Gasteiger partial charge in [0.25, 0.3) is 0 Å². The number of alkyl halides is 1. The molecule has 0 fully saturated rings. The molecule has 2 heteroatoms. The standard InChI is InChI=1S/C6H11Cl2/c1-2-3-4-6(8)5-7/h5-6H,2-4H2,1H3. The van der Waals surface area contributed by atoms with Crippen LogP contribution in [0.3, 0.4) is 0 Å². The Hall–Kier alpha value is 0.580. The average Bonchev–Trinajstić information content (AvgIpc) is 1.83. The first-order valence-electron chi connectivity index (χ1n) is 2.89. The summed E-state index contributed by atoms with van der Waals surface area (Å²) in [6, 6.07) is 0. The maximum Gasteiger partial charge on any atom is 0.0677 e. The van der Waals surface area contributed by atoms with E-state index in [-0.39, 0.29) is 5.38 Å². The van der Waals surface area contributed by atoms with E-state index in [1.54, 1.807) is 0 Å². The Bertz CT molecular complexity index is 45.8. The molecule has 0 amide bonds. The number of unbranched alkanes of at least 4 members (excludes halogenated alkanes) is 1. The molecule has 1 radical (unpaired) electrons. The first-order chi connectivity index (χ1) is 3.81. The molecular weight excluding hydrogens is 143 g/mol. The van der Waals surface area contributed by atoms with Gasteiger partial charge in [0.1, 0.15) is 0 Å². The van der Waals surface area contributed by atoms with Crippen LogP contribution in [0.5, 0.6) is 0 Å². The van der Waals surface area contributed by atoms with Crippen molar-refractivity contribution in [1.29, 1.82) is 0 Å². The Morgan fingerprint density at radius 2 is 2.25 bits per heavy atom. The van der Waals surface area contributed by atoms with Crippen molar-refractivity contribution in [3.8, 4) is 0 Å². The number of halogens is 2. The van der Waals surface area contributed by atoms with E-state index in [0.29, 0.717) is 0 Å². The zero-order chi connectivity index (χ0) is 6.41. The van der Waals surface area contributed by atoms with E-state index in [4.69, 9.17) is 23.2 Å². The summed E-state index contributed by atoms with van der Waals surface area (Å²) in [5, 5.41) is 0.0663. The van der Waals surface area contributed by atoms with E-state index in [2.05, 4.69) is 6.92 Å². The highest BCUT2D eigenvalue weighted by Crippen LogP contribution is 2.11. The molecule has 0 aliphatic carbocycles. The minimum Gasteiger partial charge on any atom is -0.121 e. The van der Waals surface area contributed by atoms with Gasteiger partial charge < -0.3 is 0 Å². The molecule has 1 atom stereocenters. The molecule has 0 aromatic carbocycles. The monoisotopic (exact) mass is 153 g/mol. The summed E-state index contributed by atoms with van der Waals surface area (Å²) in [5.74, 6) is 1.51. The van der Waals surface area contributed by atoms with Gasteiger partial charge in [0, 0.05) is 0 Å². The van der Waals surface area contributed by atoms with E-state index < -0.39 is 0 Å². The highest BCUT2D eigenvalue weighted by Gasteiger charge is 1.99.